The van der Waals surface area contributed by atoms with E-state index in [-0.39, 0.29) is 46.7 Å². The number of nitrogens with zero attached hydrogens (tertiary/aromatic N) is 2. The highest BCUT2D eigenvalue weighted by Crippen LogP contribution is 2.72. The fourth-order valence-corrected chi connectivity index (χ4v) is 6.65. The molecule has 2 fully saturated rings. The summed E-state index contributed by atoms with van der Waals surface area (Å²) in [7, 11) is 0. The largest absolute Gasteiger partial charge is 0.356 e. The molecule has 3 aliphatic carbocycles. The molecule has 0 aromatic carbocycles. The lowest BCUT2D eigenvalue weighted by Crippen LogP contribution is -2.44. The van der Waals surface area contributed by atoms with Crippen molar-refractivity contribution < 1.29 is 14.4 Å². The van der Waals surface area contributed by atoms with Crippen LogP contribution in [0.25, 0.3) is 0 Å². The summed E-state index contributed by atoms with van der Waals surface area (Å²) in [4.78, 5) is 44.7. The number of ketones is 1. The second kappa shape index (κ2) is 10.1. The summed E-state index contributed by atoms with van der Waals surface area (Å²) in [6.45, 7) is 9.93. The molecule has 3 aliphatic rings. The van der Waals surface area contributed by atoms with Crippen molar-refractivity contribution in [2.45, 2.75) is 53.0 Å². The maximum Gasteiger partial charge on any atom is 0.224 e. The summed E-state index contributed by atoms with van der Waals surface area (Å²) < 4.78 is 0. The van der Waals surface area contributed by atoms with E-state index in [0.29, 0.717) is 23.8 Å². The van der Waals surface area contributed by atoms with Gasteiger partial charge in [-0.1, -0.05) is 26.0 Å². The maximum absolute atomic E-state index is 13.3. The number of allylic oxidation sites excluding steroid dienone is 2. The van der Waals surface area contributed by atoms with Gasteiger partial charge in [0.1, 0.15) is 10.7 Å². The van der Waals surface area contributed by atoms with Gasteiger partial charge in [0.2, 0.25) is 11.8 Å². The predicted molar refractivity (Wildman–Crippen MR) is 129 cm³/mol. The third-order valence-corrected chi connectivity index (χ3v) is 8.72. The van der Waals surface area contributed by atoms with Crippen molar-refractivity contribution in [1.82, 2.24) is 20.5 Å². The highest BCUT2D eigenvalue weighted by molar-refractivity contribution is 7.09. The van der Waals surface area contributed by atoms with Gasteiger partial charge in [0.15, 0.2) is 5.78 Å². The molecule has 2 N–H and O–H groups in total. The zero-order valence-corrected chi connectivity index (χ0v) is 20.7. The normalized spacial score (nSPS) is 26.2. The molecule has 2 amide bonds. The zero-order valence-electron chi connectivity index (χ0n) is 19.9. The van der Waals surface area contributed by atoms with Crippen LogP contribution in [0.1, 0.15) is 62.0 Å². The Kier molecular flexibility index (Phi) is 7.34. The Morgan fingerprint density at radius 3 is 2.24 bits per heavy atom. The Balaban J connectivity index is 1.34. The van der Waals surface area contributed by atoms with Crippen molar-refractivity contribution in [2.75, 3.05) is 26.2 Å². The van der Waals surface area contributed by atoms with Gasteiger partial charge >= 0.3 is 0 Å². The number of hydrogen-bond donors (Lipinski definition) is 2. The lowest BCUT2D eigenvalue weighted by molar-refractivity contribution is -0.135. The van der Waals surface area contributed by atoms with Gasteiger partial charge in [-0.25, -0.2) is 4.98 Å². The fourth-order valence-electron chi connectivity index (χ4n) is 5.87. The van der Waals surface area contributed by atoms with Crippen LogP contribution in [-0.4, -0.2) is 53.7 Å². The summed E-state index contributed by atoms with van der Waals surface area (Å²) in [6.07, 6.45) is 8.56. The van der Waals surface area contributed by atoms with E-state index in [9.17, 15) is 14.4 Å². The van der Waals surface area contributed by atoms with Crippen molar-refractivity contribution in [3.05, 3.63) is 28.2 Å². The molecule has 1 aromatic heterocycles. The van der Waals surface area contributed by atoms with Crippen LogP contribution in [0.3, 0.4) is 0 Å². The Labute approximate surface area is 200 Å². The van der Waals surface area contributed by atoms with Gasteiger partial charge in [0.05, 0.1) is 18.4 Å². The zero-order chi connectivity index (χ0) is 23.6. The molecule has 2 bridgehead atoms. The lowest BCUT2D eigenvalue weighted by atomic mass is 9.81. The van der Waals surface area contributed by atoms with Gasteiger partial charge in [-0.15, -0.1) is 11.3 Å². The van der Waals surface area contributed by atoms with E-state index in [1.54, 1.807) is 5.38 Å². The van der Waals surface area contributed by atoms with Crippen LogP contribution in [0, 0.1) is 29.1 Å². The Hall–Kier alpha value is -2.06. The van der Waals surface area contributed by atoms with E-state index in [4.69, 9.17) is 0 Å². The monoisotopic (exact) mass is 472 g/mol. The Bertz CT molecular complexity index is 919. The van der Waals surface area contributed by atoms with Crippen LogP contribution in [-0.2, 0) is 16.1 Å². The first kappa shape index (κ1) is 24.1. The Morgan fingerprint density at radius 1 is 1.06 bits per heavy atom. The summed E-state index contributed by atoms with van der Waals surface area (Å²) in [6, 6.07) is 0. The average molecular weight is 473 g/mol. The first-order chi connectivity index (χ1) is 15.9. The lowest BCUT2D eigenvalue weighted by Gasteiger charge is -2.26. The number of carbonyl (C=O) groups is 3. The first-order valence-corrected chi connectivity index (χ1v) is 13.2. The molecule has 4 atom stereocenters. The fraction of sp³-hybridized carbons (Fsp3) is 0.680. The predicted octanol–water partition coefficient (Wildman–Crippen LogP) is 3.03. The number of hydrogen-bond acceptors (Lipinski definition) is 6. The van der Waals surface area contributed by atoms with Crippen molar-refractivity contribution in [1.29, 1.82) is 0 Å². The van der Waals surface area contributed by atoms with E-state index in [1.165, 1.54) is 18.3 Å². The molecule has 180 valence electrons. The van der Waals surface area contributed by atoms with Gasteiger partial charge in [-0.05, 0) is 62.6 Å². The molecule has 7 nitrogen and oxygen atoms in total. The van der Waals surface area contributed by atoms with Crippen molar-refractivity contribution in [3.8, 4) is 0 Å². The number of nitrogens with one attached hydrogen (secondary N) is 2. The maximum atomic E-state index is 13.3. The molecule has 1 heterocycles. The van der Waals surface area contributed by atoms with Crippen molar-refractivity contribution >= 4 is 28.9 Å². The summed E-state index contributed by atoms with van der Waals surface area (Å²) in [5.74, 6) is -0.442. The SMILES string of the molecule is CCN(CC)CCCCNC(=O)[C@H]1[C@H](C(=O)NCc2nc(C(C)=O)cs2)[C@H]2C=C[C@H]1C21CC1. The number of thiazole rings is 1. The van der Waals surface area contributed by atoms with Gasteiger partial charge in [0, 0.05) is 18.8 Å². The molecule has 8 heteroatoms. The van der Waals surface area contributed by atoms with Gasteiger partial charge in [-0.3, -0.25) is 14.4 Å². The molecule has 4 rings (SSSR count). The molecule has 2 saturated carbocycles. The van der Waals surface area contributed by atoms with Crippen LogP contribution in [0.15, 0.2) is 17.5 Å². The molecule has 0 unspecified atom stereocenters. The number of aromatic nitrogens is 1. The second-order valence-corrected chi connectivity index (χ2v) is 10.6. The summed E-state index contributed by atoms with van der Waals surface area (Å²) >= 11 is 1.37. The molecule has 0 aliphatic heterocycles. The molecule has 1 aromatic rings. The molecule has 1 spiro atoms. The summed E-state index contributed by atoms with van der Waals surface area (Å²) in [5.41, 5.74) is 0.553. The highest BCUT2D eigenvalue weighted by Gasteiger charge is 2.69. The minimum Gasteiger partial charge on any atom is -0.356 e. The molecule has 0 saturated heterocycles. The Morgan fingerprint density at radius 2 is 1.70 bits per heavy atom. The van der Waals surface area contributed by atoms with Gasteiger partial charge in [-0.2, -0.15) is 0 Å². The number of rotatable bonds is 12. The van der Waals surface area contributed by atoms with Crippen LogP contribution in [0.2, 0.25) is 0 Å². The van der Waals surface area contributed by atoms with Crippen LogP contribution < -0.4 is 10.6 Å². The van der Waals surface area contributed by atoms with Crippen LogP contribution in [0.4, 0.5) is 0 Å². The topological polar surface area (TPSA) is 91.4 Å². The van der Waals surface area contributed by atoms with Gasteiger partial charge < -0.3 is 15.5 Å². The van der Waals surface area contributed by atoms with Crippen LogP contribution in [0.5, 0.6) is 0 Å². The molecule has 0 radical (unpaired) electrons. The first-order valence-electron chi connectivity index (χ1n) is 12.3. The minimum atomic E-state index is -0.328. The third-order valence-electron chi connectivity index (χ3n) is 7.87. The van der Waals surface area contributed by atoms with Crippen LogP contribution >= 0.6 is 11.3 Å². The highest BCUT2D eigenvalue weighted by atomic mass is 32.1. The van der Waals surface area contributed by atoms with E-state index in [0.717, 1.165) is 45.3 Å². The number of Topliss-reactive ketones (excluding diaryl/α,β-unsaturated/α-hetero) is 1. The van der Waals surface area contributed by atoms with E-state index in [2.05, 4.69) is 46.5 Å². The number of amides is 2. The standard InChI is InChI=1S/C25H36N4O3S/c1-4-29(5-2)13-7-6-12-26-23(31)21-17-8-9-18(25(17)10-11-25)22(21)24(32)27-14-20-28-19(15-33-20)16(3)30/h8-9,15,17-18,21-22H,4-7,10-14H2,1-3H3,(H,26,31)(H,27,32)/t17-,18-,21-,22-/m1/s1. The molecular formula is C25H36N4O3S. The van der Waals surface area contributed by atoms with Crippen molar-refractivity contribution in [3.63, 3.8) is 0 Å². The molecular weight excluding hydrogens is 436 g/mol. The number of carbonyl (C=O) groups excluding carboxylic acids is 3. The summed E-state index contributed by atoms with van der Waals surface area (Å²) in [5, 5.41) is 8.58. The number of unbranched alkanes of at least 4 members (excludes halogenated alkanes) is 1. The quantitative estimate of drug-likeness (QED) is 0.277. The second-order valence-electron chi connectivity index (χ2n) is 9.65. The van der Waals surface area contributed by atoms with E-state index >= 15 is 0 Å². The van der Waals surface area contributed by atoms with Crippen molar-refractivity contribution in [2.24, 2.45) is 29.1 Å². The van der Waals surface area contributed by atoms with Gasteiger partial charge in [0.25, 0.3) is 0 Å². The smallest absolute Gasteiger partial charge is 0.224 e. The molecule has 33 heavy (non-hydrogen) atoms. The van der Waals surface area contributed by atoms with E-state index in [1.807, 2.05) is 0 Å². The van der Waals surface area contributed by atoms with E-state index < -0.39 is 0 Å². The third kappa shape index (κ3) is 4.78. The average Bonchev–Trinajstić information content (AvgIpc) is 3.21. The minimum absolute atomic E-state index is 0.0224.